The molecule has 0 aromatic heterocycles. The third-order valence-corrected chi connectivity index (χ3v) is 2.16. The maximum Gasteiger partial charge on any atom is 0.0659 e. The molecule has 0 heterocycles. The van der Waals surface area contributed by atoms with Crippen molar-refractivity contribution in [2.45, 2.75) is 12.5 Å². The van der Waals surface area contributed by atoms with Gasteiger partial charge in [0.25, 0.3) is 0 Å². The van der Waals surface area contributed by atoms with E-state index in [4.69, 9.17) is 15.2 Å². The number of hydrogen-bond donors (Lipinski definition) is 1. The van der Waals surface area contributed by atoms with Gasteiger partial charge in [0, 0.05) is 20.3 Å². The van der Waals surface area contributed by atoms with Crippen molar-refractivity contribution in [2.75, 3.05) is 26.9 Å². The minimum Gasteiger partial charge on any atom is -0.385 e. The SMILES string of the molecule is COCCCOCC(N)c1ccccc1. The molecule has 1 atom stereocenters. The van der Waals surface area contributed by atoms with Gasteiger partial charge in [-0.05, 0) is 12.0 Å². The zero-order valence-electron chi connectivity index (χ0n) is 9.19. The highest BCUT2D eigenvalue weighted by atomic mass is 16.5. The molecule has 0 bridgehead atoms. The van der Waals surface area contributed by atoms with E-state index in [1.54, 1.807) is 7.11 Å². The quantitative estimate of drug-likeness (QED) is 0.696. The van der Waals surface area contributed by atoms with E-state index in [1.807, 2.05) is 30.3 Å². The fraction of sp³-hybridized carbons (Fsp3) is 0.500. The zero-order valence-corrected chi connectivity index (χ0v) is 9.19. The molecule has 84 valence electrons. The van der Waals surface area contributed by atoms with Gasteiger partial charge in [0.15, 0.2) is 0 Å². The van der Waals surface area contributed by atoms with E-state index < -0.39 is 0 Å². The molecule has 15 heavy (non-hydrogen) atoms. The summed E-state index contributed by atoms with van der Waals surface area (Å²) in [4.78, 5) is 0. The van der Waals surface area contributed by atoms with E-state index >= 15 is 0 Å². The summed E-state index contributed by atoms with van der Waals surface area (Å²) in [7, 11) is 1.69. The van der Waals surface area contributed by atoms with Gasteiger partial charge in [0.05, 0.1) is 12.6 Å². The first-order chi connectivity index (χ1) is 7.34. The molecule has 0 spiro atoms. The van der Waals surface area contributed by atoms with Crippen LogP contribution in [-0.4, -0.2) is 26.9 Å². The first-order valence-electron chi connectivity index (χ1n) is 5.22. The van der Waals surface area contributed by atoms with E-state index in [1.165, 1.54) is 0 Å². The van der Waals surface area contributed by atoms with Crippen molar-refractivity contribution < 1.29 is 9.47 Å². The molecule has 0 aliphatic rings. The van der Waals surface area contributed by atoms with Crippen molar-refractivity contribution >= 4 is 0 Å². The summed E-state index contributed by atoms with van der Waals surface area (Å²) in [5.74, 6) is 0. The molecule has 1 unspecified atom stereocenters. The molecule has 2 N–H and O–H groups in total. The lowest BCUT2D eigenvalue weighted by Gasteiger charge is -2.12. The fourth-order valence-electron chi connectivity index (χ4n) is 1.31. The van der Waals surface area contributed by atoms with Crippen molar-refractivity contribution in [3.63, 3.8) is 0 Å². The Balaban J connectivity index is 2.16. The summed E-state index contributed by atoms with van der Waals surface area (Å²) < 4.78 is 10.4. The molecular formula is C12H19NO2. The number of ether oxygens (including phenoxy) is 2. The van der Waals surface area contributed by atoms with Gasteiger partial charge in [-0.25, -0.2) is 0 Å². The van der Waals surface area contributed by atoms with Gasteiger partial charge in [-0.3, -0.25) is 0 Å². The highest BCUT2D eigenvalue weighted by Crippen LogP contribution is 2.09. The van der Waals surface area contributed by atoms with E-state index in [0.29, 0.717) is 13.2 Å². The van der Waals surface area contributed by atoms with E-state index in [0.717, 1.165) is 18.6 Å². The predicted molar refractivity (Wildman–Crippen MR) is 60.7 cm³/mol. The summed E-state index contributed by atoms with van der Waals surface area (Å²) in [6.07, 6.45) is 0.915. The average molecular weight is 209 g/mol. The molecule has 1 aromatic carbocycles. The van der Waals surface area contributed by atoms with Gasteiger partial charge >= 0.3 is 0 Å². The van der Waals surface area contributed by atoms with Gasteiger partial charge in [-0.1, -0.05) is 30.3 Å². The summed E-state index contributed by atoms with van der Waals surface area (Å²) in [5.41, 5.74) is 7.07. The molecule has 0 saturated carbocycles. The molecule has 0 saturated heterocycles. The van der Waals surface area contributed by atoms with E-state index in [9.17, 15) is 0 Å². The van der Waals surface area contributed by atoms with Crippen LogP contribution in [-0.2, 0) is 9.47 Å². The molecule has 0 aliphatic heterocycles. The summed E-state index contributed by atoms with van der Waals surface area (Å²) in [5, 5.41) is 0. The number of rotatable bonds is 7. The molecular weight excluding hydrogens is 190 g/mol. The fourth-order valence-corrected chi connectivity index (χ4v) is 1.31. The number of benzene rings is 1. The van der Waals surface area contributed by atoms with Gasteiger partial charge in [-0.2, -0.15) is 0 Å². The third-order valence-electron chi connectivity index (χ3n) is 2.16. The van der Waals surface area contributed by atoms with Crippen molar-refractivity contribution in [1.29, 1.82) is 0 Å². The van der Waals surface area contributed by atoms with Crippen LogP contribution in [0.25, 0.3) is 0 Å². The van der Waals surface area contributed by atoms with Crippen molar-refractivity contribution in [1.82, 2.24) is 0 Å². The lowest BCUT2D eigenvalue weighted by Crippen LogP contribution is -2.17. The van der Waals surface area contributed by atoms with Gasteiger partial charge in [0.1, 0.15) is 0 Å². The van der Waals surface area contributed by atoms with Crippen LogP contribution >= 0.6 is 0 Å². The lowest BCUT2D eigenvalue weighted by molar-refractivity contribution is 0.0940. The van der Waals surface area contributed by atoms with Crippen molar-refractivity contribution in [3.8, 4) is 0 Å². The van der Waals surface area contributed by atoms with Gasteiger partial charge in [0.2, 0.25) is 0 Å². The highest BCUT2D eigenvalue weighted by Gasteiger charge is 2.04. The Bertz CT molecular complexity index is 251. The second-order valence-corrected chi connectivity index (χ2v) is 3.44. The first-order valence-corrected chi connectivity index (χ1v) is 5.22. The molecule has 0 fully saturated rings. The second kappa shape index (κ2) is 7.40. The van der Waals surface area contributed by atoms with Crippen LogP contribution in [0.3, 0.4) is 0 Å². The van der Waals surface area contributed by atoms with Crippen LogP contribution < -0.4 is 5.73 Å². The largest absolute Gasteiger partial charge is 0.385 e. The molecule has 3 heteroatoms. The van der Waals surface area contributed by atoms with E-state index in [-0.39, 0.29) is 6.04 Å². The number of methoxy groups -OCH3 is 1. The summed E-state index contributed by atoms with van der Waals surface area (Å²) >= 11 is 0. The Morgan fingerprint density at radius 3 is 2.60 bits per heavy atom. The van der Waals surface area contributed by atoms with Gasteiger partial charge < -0.3 is 15.2 Å². The molecule has 1 aromatic rings. The third kappa shape index (κ3) is 4.93. The normalized spacial score (nSPS) is 12.7. The Morgan fingerprint density at radius 1 is 1.20 bits per heavy atom. The number of nitrogens with two attached hydrogens (primary N) is 1. The smallest absolute Gasteiger partial charge is 0.0659 e. The van der Waals surface area contributed by atoms with Crippen LogP contribution in [0, 0.1) is 0 Å². The topological polar surface area (TPSA) is 44.5 Å². The Hall–Kier alpha value is -0.900. The minimum absolute atomic E-state index is 0.0336. The first kappa shape index (κ1) is 12.2. The van der Waals surface area contributed by atoms with Crippen LogP contribution in [0.2, 0.25) is 0 Å². The average Bonchev–Trinajstić information content (AvgIpc) is 2.30. The van der Waals surface area contributed by atoms with Crippen molar-refractivity contribution in [2.24, 2.45) is 5.73 Å². The lowest BCUT2D eigenvalue weighted by atomic mass is 10.1. The van der Waals surface area contributed by atoms with Crippen LogP contribution in [0.15, 0.2) is 30.3 Å². The van der Waals surface area contributed by atoms with E-state index in [2.05, 4.69) is 0 Å². The molecule has 0 aliphatic carbocycles. The molecule has 0 radical (unpaired) electrons. The number of hydrogen-bond acceptors (Lipinski definition) is 3. The zero-order chi connectivity index (χ0) is 10.9. The Labute approximate surface area is 91.2 Å². The summed E-state index contributed by atoms with van der Waals surface area (Å²) in [6, 6.07) is 9.95. The highest BCUT2D eigenvalue weighted by molar-refractivity contribution is 5.18. The maximum atomic E-state index is 5.95. The molecule has 0 amide bonds. The van der Waals surface area contributed by atoms with Crippen LogP contribution in [0.1, 0.15) is 18.0 Å². The van der Waals surface area contributed by atoms with Crippen LogP contribution in [0.5, 0.6) is 0 Å². The van der Waals surface area contributed by atoms with Crippen molar-refractivity contribution in [3.05, 3.63) is 35.9 Å². The molecule has 3 nitrogen and oxygen atoms in total. The second-order valence-electron chi connectivity index (χ2n) is 3.44. The summed E-state index contributed by atoms with van der Waals surface area (Å²) in [6.45, 7) is 2.00. The Morgan fingerprint density at radius 2 is 1.93 bits per heavy atom. The van der Waals surface area contributed by atoms with Gasteiger partial charge in [-0.15, -0.1) is 0 Å². The standard InChI is InChI=1S/C12H19NO2/c1-14-8-5-9-15-10-12(13)11-6-3-2-4-7-11/h2-4,6-7,12H,5,8-10,13H2,1H3. The van der Waals surface area contributed by atoms with Crippen LogP contribution in [0.4, 0.5) is 0 Å². The predicted octanol–water partition coefficient (Wildman–Crippen LogP) is 1.74. The Kier molecular flexibility index (Phi) is 6.00. The monoisotopic (exact) mass is 209 g/mol. The maximum absolute atomic E-state index is 5.95. The minimum atomic E-state index is -0.0336. The molecule has 1 rings (SSSR count).